The van der Waals surface area contributed by atoms with Gasteiger partial charge in [-0.1, -0.05) is 25.1 Å². The molecule has 2 aromatic rings. The lowest BCUT2D eigenvalue weighted by Crippen LogP contribution is -2.48. The zero-order valence-electron chi connectivity index (χ0n) is 18.0. The maximum absolute atomic E-state index is 12.7. The Hall–Kier alpha value is -2.86. The summed E-state index contributed by atoms with van der Waals surface area (Å²) in [5.41, 5.74) is 6.74. The second-order valence-electron chi connectivity index (χ2n) is 8.14. The Labute approximate surface area is 177 Å². The van der Waals surface area contributed by atoms with E-state index in [1.54, 1.807) is 0 Å². The maximum Gasteiger partial charge on any atom is 0.256 e. The highest BCUT2D eigenvalue weighted by Gasteiger charge is 2.25. The van der Waals surface area contributed by atoms with Gasteiger partial charge in [-0.3, -0.25) is 9.59 Å². The van der Waals surface area contributed by atoms with Gasteiger partial charge < -0.3 is 20.1 Å². The number of nitrogens with one attached hydrogen (secondary N) is 2. The quantitative estimate of drug-likeness (QED) is 0.749. The van der Waals surface area contributed by atoms with Gasteiger partial charge in [0.25, 0.3) is 5.91 Å². The predicted molar refractivity (Wildman–Crippen MR) is 120 cm³/mol. The average molecular weight is 407 g/mol. The van der Waals surface area contributed by atoms with Gasteiger partial charge in [0, 0.05) is 55.2 Å². The third kappa shape index (κ3) is 3.92. The fourth-order valence-electron chi connectivity index (χ4n) is 4.46. The molecular weight excluding hydrogens is 376 g/mol. The van der Waals surface area contributed by atoms with E-state index in [9.17, 15) is 9.59 Å². The molecule has 158 valence electrons. The fraction of sp³-hybridized carbons (Fsp3) is 0.417. The summed E-state index contributed by atoms with van der Waals surface area (Å²) in [6.07, 6.45) is 3.16. The Morgan fingerprint density at radius 1 is 1.13 bits per heavy atom. The average Bonchev–Trinajstić information content (AvgIpc) is 3.22. The van der Waals surface area contributed by atoms with Gasteiger partial charge in [-0.15, -0.1) is 0 Å². The zero-order chi connectivity index (χ0) is 21.3. The molecule has 6 nitrogen and oxygen atoms in total. The minimum absolute atomic E-state index is 0.0780. The van der Waals surface area contributed by atoms with E-state index in [1.807, 2.05) is 42.2 Å². The van der Waals surface area contributed by atoms with Crippen LogP contribution in [0.25, 0.3) is 11.6 Å². The van der Waals surface area contributed by atoms with Gasteiger partial charge in [0.2, 0.25) is 5.91 Å². The second kappa shape index (κ2) is 8.48. The number of carbonyl (C=O) groups excluding carboxylic acids is 2. The standard InChI is InChI=1S/C24H30N4O2/c1-4-27-11-13-28(14-12-27)23(29)10-9-18-16(2)22(25-17(18)3)15-20-19-7-5-6-8-21(19)26-24(20)30/h5-8,15,25H,4,9-14H2,1-3H3,(H,26,30)/b20-15-. The lowest BCUT2D eigenvalue weighted by Gasteiger charge is -2.34. The Bertz CT molecular complexity index is 997. The van der Waals surface area contributed by atoms with Crippen molar-refractivity contribution < 1.29 is 9.59 Å². The van der Waals surface area contributed by atoms with Crippen molar-refractivity contribution in [3.8, 4) is 0 Å². The summed E-state index contributed by atoms with van der Waals surface area (Å²) >= 11 is 0. The number of aryl methyl sites for hydroxylation is 1. The summed E-state index contributed by atoms with van der Waals surface area (Å²) in [4.78, 5) is 32.9. The van der Waals surface area contributed by atoms with Gasteiger partial charge in [-0.05, 0) is 50.1 Å². The number of likely N-dealkylation sites (N-methyl/N-ethyl adjacent to an activating group) is 1. The minimum atomic E-state index is -0.0780. The molecule has 0 atom stereocenters. The summed E-state index contributed by atoms with van der Waals surface area (Å²) in [6, 6.07) is 7.74. The van der Waals surface area contributed by atoms with Crippen LogP contribution in [0.5, 0.6) is 0 Å². The third-order valence-corrected chi connectivity index (χ3v) is 6.39. The summed E-state index contributed by atoms with van der Waals surface area (Å²) in [6.45, 7) is 10.9. The number of anilines is 1. The van der Waals surface area contributed by atoms with Crippen molar-refractivity contribution in [1.82, 2.24) is 14.8 Å². The molecule has 4 rings (SSSR count). The highest BCUT2D eigenvalue weighted by molar-refractivity contribution is 6.34. The van der Waals surface area contributed by atoms with Crippen LogP contribution in [0.3, 0.4) is 0 Å². The molecule has 1 fully saturated rings. The van der Waals surface area contributed by atoms with Gasteiger partial charge >= 0.3 is 0 Å². The number of hydrogen-bond donors (Lipinski definition) is 2. The number of piperazine rings is 1. The molecule has 30 heavy (non-hydrogen) atoms. The van der Waals surface area contributed by atoms with Crippen molar-refractivity contribution in [2.24, 2.45) is 0 Å². The van der Waals surface area contributed by atoms with Crippen LogP contribution in [0.2, 0.25) is 0 Å². The number of amides is 2. The first-order chi connectivity index (χ1) is 14.5. The molecule has 0 saturated carbocycles. The molecule has 2 aliphatic rings. The topological polar surface area (TPSA) is 68.4 Å². The van der Waals surface area contributed by atoms with Crippen molar-refractivity contribution >= 4 is 29.2 Å². The van der Waals surface area contributed by atoms with Crippen molar-refractivity contribution in [3.63, 3.8) is 0 Å². The summed E-state index contributed by atoms with van der Waals surface area (Å²) in [5, 5.41) is 2.92. The molecule has 2 N–H and O–H groups in total. The number of carbonyl (C=O) groups is 2. The molecule has 0 bridgehead atoms. The van der Waals surface area contributed by atoms with E-state index in [1.165, 1.54) is 5.56 Å². The fourth-order valence-corrected chi connectivity index (χ4v) is 4.46. The lowest BCUT2D eigenvalue weighted by molar-refractivity contribution is -0.132. The van der Waals surface area contributed by atoms with Crippen molar-refractivity contribution in [2.75, 3.05) is 38.0 Å². The van der Waals surface area contributed by atoms with E-state index in [-0.39, 0.29) is 11.8 Å². The number of fused-ring (bicyclic) bond motifs is 1. The van der Waals surface area contributed by atoms with Crippen LogP contribution in [0.15, 0.2) is 24.3 Å². The number of aromatic nitrogens is 1. The van der Waals surface area contributed by atoms with Crippen LogP contribution in [0.1, 0.15) is 41.4 Å². The molecule has 1 aromatic heterocycles. The van der Waals surface area contributed by atoms with Gasteiger partial charge in [-0.2, -0.15) is 0 Å². The third-order valence-electron chi connectivity index (χ3n) is 6.39. The predicted octanol–water partition coefficient (Wildman–Crippen LogP) is 3.22. The number of para-hydroxylation sites is 1. The number of H-pyrrole nitrogens is 1. The molecule has 0 aliphatic carbocycles. The van der Waals surface area contributed by atoms with Crippen LogP contribution in [-0.2, 0) is 16.0 Å². The van der Waals surface area contributed by atoms with Crippen LogP contribution < -0.4 is 5.32 Å². The molecule has 1 aromatic carbocycles. The Balaban J connectivity index is 1.47. The van der Waals surface area contributed by atoms with Crippen LogP contribution in [0, 0.1) is 13.8 Å². The molecule has 2 aliphatic heterocycles. The highest BCUT2D eigenvalue weighted by Crippen LogP contribution is 2.33. The minimum Gasteiger partial charge on any atom is -0.359 e. The normalized spacial score (nSPS) is 18.0. The molecule has 0 radical (unpaired) electrons. The van der Waals surface area contributed by atoms with Crippen molar-refractivity contribution in [2.45, 2.75) is 33.6 Å². The van der Waals surface area contributed by atoms with Gasteiger partial charge in [0.1, 0.15) is 0 Å². The molecule has 3 heterocycles. The Morgan fingerprint density at radius 2 is 1.87 bits per heavy atom. The van der Waals surface area contributed by atoms with Crippen LogP contribution >= 0.6 is 0 Å². The van der Waals surface area contributed by atoms with E-state index in [0.29, 0.717) is 18.4 Å². The molecule has 1 saturated heterocycles. The SMILES string of the molecule is CCN1CCN(C(=O)CCc2c(C)[nH]c(/C=C3\C(=O)Nc4ccccc43)c2C)CC1. The van der Waals surface area contributed by atoms with E-state index in [4.69, 9.17) is 0 Å². The van der Waals surface area contributed by atoms with E-state index < -0.39 is 0 Å². The number of hydrogen-bond acceptors (Lipinski definition) is 3. The Kier molecular flexibility index (Phi) is 5.77. The number of rotatable bonds is 5. The highest BCUT2D eigenvalue weighted by atomic mass is 16.2. The number of nitrogens with zero attached hydrogens (tertiary/aromatic N) is 2. The van der Waals surface area contributed by atoms with Crippen LogP contribution in [-0.4, -0.2) is 59.3 Å². The lowest BCUT2D eigenvalue weighted by atomic mass is 10.0. The molecule has 0 spiro atoms. The largest absolute Gasteiger partial charge is 0.359 e. The second-order valence-corrected chi connectivity index (χ2v) is 8.14. The number of benzene rings is 1. The molecular formula is C24H30N4O2. The monoisotopic (exact) mass is 406 g/mol. The van der Waals surface area contributed by atoms with Crippen molar-refractivity contribution in [1.29, 1.82) is 0 Å². The van der Waals surface area contributed by atoms with E-state index in [2.05, 4.69) is 29.0 Å². The smallest absolute Gasteiger partial charge is 0.256 e. The summed E-state index contributed by atoms with van der Waals surface area (Å²) < 4.78 is 0. The molecule has 0 unspecified atom stereocenters. The molecule has 2 amide bonds. The summed E-state index contributed by atoms with van der Waals surface area (Å²) in [5.74, 6) is 0.153. The van der Waals surface area contributed by atoms with E-state index in [0.717, 1.165) is 60.9 Å². The first-order valence-electron chi connectivity index (χ1n) is 10.8. The van der Waals surface area contributed by atoms with Gasteiger partial charge in [0.15, 0.2) is 0 Å². The first kappa shape index (κ1) is 20.4. The maximum atomic E-state index is 12.7. The first-order valence-corrected chi connectivity index (χ1v) is 10.8. The van der Waals surface area contributed by atoms with Gasteiger partial charge in [-0.25, -0.2) is 0 Å². The molecule has 6 heteroatoms. The zero-order valence-corrected chi connectivity index (χ0v) is 18.0. The van der Waals surface area contributed by atoms with Gasteiger partial charge in [0.05, 0.1) is 5.57 Å². The number of aromatic amines is 1. The van der Waals surface area contributed by atoms with E-state index >= 15 is 0 Å². The van der Waals surface area contributed by atoms with Crippen LogP contribution in [0.4, 0.5) is 5.69 Å². The summed E-state index contributed by atoms with van der Waals surface area (Å²) in [7, 11) is 0. The van der Waals surface area contributed by atoms with Crippen molar-refractivity contribution in [3.05, 3.63) is 52.3 Å². The Morgan fingerprint density at radius 3 is 2.60 bits per heavy atom.